The Hall–Kier alpha value is -2.50. The van der Waals surface area contributed by atoms with Crippen molar-refractivity contribution in [1.82, 2.24) is 10.1 Å². The van der Waals surface area contributed by atoms with Gasteiger partial charge in [-0.3, -0.25) is 4.79 Å². The van der Waals surface area contributed by atoms with Crippen LogP contribution in [0.4, 0.5) is 0 Å². The van der Waals surface area contributed by atoms with E-state index in [0.29, 0.717) is 35.6 Å². The Balaban J connectivity index is 1.50. The van der Waals surface area contributed by atoms with Gasteiger partial charge >= 0.3 is 0 Å². The predicted molar refractivity (Wildman–Crippen MR) is 109 cm³/mol. The molecule has 2 atom stereocenters. The highest BCUT2D eigenvalue weighted by Crippen LogP contribution is 2.37. The molecule has 1 saturated heterocycles. The fourth-order valence-corrected chi connectivity index (χ4v) is 4.82. The van der Waals surface area contributed by atoms with E-state index in [4.69, 9.17) is 14.0 Å². The van der Waals surface area contributed by atoms with Crippen molar-refractivity contribution in [3.8, 4) is 11.5 Å². The van der Waals surface area contributed by atoms with E-state index in [-0.39, 0.29) is 5.91 Å². The van der Waals surface area contributed by atoms with E-state index < -0.39 is 0 Å². The molecule has 0 spiro atoms. The van der Waals surface area contributed by atoms with Gasteiger partial charge in [-0.2, -0.15) is 0 Å². The third-order valence-corrected chi connectivity index (χ3v) is 6.47. The molecule has 2 fully saturated rings. The first-order chi connectivity index (χ1) is 14.1. The van der Waals surface area contributed by atoms with Crippen molar-refractivity contribution in [2.75, 3.05) is 13.7 Å². The molecule has 1 aromatic carbocycles. The quantitative estimate of drug-likeness (QED) is 0.732. The molecular weight excluding hydrogens is 368 g/mol. The number of methoxy groups -OCH3 is 1. The van der Waals surface area contributed by atoms with Crippen LogP contribution >= 0.6 is 0 Å². The van der Waals surface area contributed by atoms with Gasteiger partial charge in [-0.05, 0) is 63.6 Å². The molecule has 2 heterocycles. The SMILES string of the molecule is COc1cc(C(=O)N2CCC[C@H]3CCCC[C@H]32)ccc1OCc1c(C)noc1C. The molecule has 1 saturated carbocycles. The number of nitrogens with zero attached hydrogens (tertiary/aromatic N) is 2. The molecule has 1 amide bonds. The van der Waals surface area contributed by atoms with Crippen molar-refractivity contribution in [2.45, 2.75) is 65.0 Å². The summed E-state index contributed by atoms with van der Waals surface area (Å²) in [7, 11) is 1.60. The van der Waals surface area contributed by atoms with Crippen LogP contribution in [0, 0.1) is 19.8 Å². The van der Waals surface area contributed by atoms with Gasteiger partial charge in [0.1, 0.15) is 12.4 Å². The normalized spacial score (nSPS) is 21.6. The number of fused-ring (bicyclic) bond motifs is 1. The molecule has 6 heteroatoms. The summed E-state index contributed by atoms with van der Waals surface area (Å²) in [6.07, 6.45) is 7.27. The van der Waals surface area contributed by atoms with E-state index in [1.54, 1.807) is 13.2 Å². The molecule has 1 aliphatic carbocycles. The molecule has 29 heavy (non-hydrogen) atoms. The van der Waals surface area contributed by atoms with Crippen molar-refractivity contribution in [2.24, 2.45) is 5.92 Å². The van der Waals surface area contributed by atoms with Crippen LogP contribution in [0.1, 0.15) is 65.9 Å². The highest BCUT2D eigenvalue weighted by molar-refractivity contribution is 5.95. The van der Waals surface area contributed by atoms with Crippen molar-refractivity contribution in [3.63, 3.8) is 0 Å². The first kappa shape index (κ1) is 19.8. The summed E-state index contributed by atoms with van der Waals surface area (Å²) in [5.74, 6) is 2.71. The van der Waals surface area contributed by atoms with E-state index in [2.05, 4.69) is 10.1 Å². The van der Waals surface area contributed by atoms with Crippen LogP contribution in [0.25, 0.3) is 0 Å². The standard InChI is InChI=1S/C23H30N2O4/c1-15-19(16(2)29-24-15)14-28-21-11-10-18(13-22(21)27-3)23(26)25-12-6-8-17-7-4-5-9-20(17)25/h10-11,13,17,20H,4-9,12,14H2,1-3H3/t17-,20-/m1/s1. The number of hydrogen-bond acceptors (Lipinski definition) is 5. The maximum atomic E-state index is 13.3. The fourth-order valence-electron chi connectivity index (χ4n) is 4.82. The van der Waals surface area contributed by atoms with Gasteiger partial charge in [0.25, 0.3) is 5.91 Å². The van der Waals surface area contributed by atoms with E-state index in [1.807, 2.05) is 26.0 Å². The monoisotopic (exact) mass is 398 g/mol. The molecule has 0 N–H and O–H groups in total. The number of aryl methyl sites for hydroxylation is 2. The topological polar surface area (TPSA) is 64.8 Å². The van der Waals surface area contributed by atoms with Crippen LogP contribution in [0.2, 0.25) is 0 Å². The van der Waals surface area contributed by atoms with Gasteiger partial charge in [-0.15, -0.1) is 0 Å². The number of rotatable bonds is 5. The number of ether oxygens (including phenoxy) is 2. The number of amides is 1. The molecule has 0 bridgehead atoms. The maximum absolute atomic E-state index is 13.3. The Morgan fingerprint density at radius 3 is 2.72 bits per heavy atom. The minimum absolute atomic E-state index is 0.108. The van der Waals surface area contributed by atoms with Gasteiger partial charge < -0.3 is 18.9 Å². The third-order valence-electron chi connectivity index (χ3n) is 6.47. The molecule has 0 unspecified atom stereocenters. The molecule has 1 aromatic heterocycles. The zero-order valence-corrected chi connectivity index (χ0v) is 17.6. The average Bonchev–Trinajstić information content (AvgIpc) is 3.08. The maximum Gasteiger partial charge on any atom is 0.254 e. The van der Waals surface area contributed by atoms with Crippen molar-refractivity contribution >= 4 is 5.91 Å². The first-order valence-corrected chi connectivity index (χ1v) is 10.6. The van der Waals surface area contributed by atoms with Crippen molar-refractivity contribution in [1.29, 1.82) is 0 Å². The Morgan fingerprint density at radius 2 is 1.97 bits per heavy atom. The van der Waals surface area contributed by atoms with Crippen LogP contribution in [0.15, 0.2) is 22.7 Å². The summed E-state index contributed by atoms with van der Waals surface area (Å²) < 4.78 is 16.7. The molecule has 6 nitrogen and oxygen atoms in total. The first-order valence-electron chi connectivity index (χ1n) is 10.6. The van der Waals surface area contributed by atoms with Gasteiger partial charge in [0.05, 0.1) is 18.4 Å². The largest absolute Gasteiger partial charge is 0.493 e. The lowest BCUT2D eigenvalue weighted by molar-refractivity contribution is 0.0390. The highest BCUT2D eigenvalue weighted by atomic mass is 16.5. The van der Waals surface area contributed by atoms with Gasteiger partial charge in [0.2, 0.25) is 0 Å². The zero-order valence-electron chi connectivity index (χ0n) is 17.6. The second kappa shape index (κ2) is 8.47. The number of hydrogen-bond donors (Lipinski definition) is 0. The Kier molecular flexibility index (Phi) is 5.79. The van der Waals surface area contributed by atoms with E-state index in [1.165, 1.54) is 25.7 Å². The van der Waals surface area contributed by atoms with Crippen molar-refractivity contribution < 1.29 is 18.8 Å². The van der Waals surface area contributed by atoms with Crippen LogP contribution in [0.3, 0.4) is 0 Å². The Bertz CT molecular complexity index is 854. The van der Waals surface area contributed by atoms with E-state index in [0.717, 1.165) is 36.4 Å². The lowest BCUT2D eigenvalue weighted by Crippen LogP contribution is -2.49. The van der Waals surface area contributed by atoms with Gasteiger partial charge in [-0.25, -0.2) is 0 Å². The van der Waals surface area contributed by atoms with Crippen LogP contribution in [-0.2, 0) is 6.61 Å². The lowest BCUT2D eigenvalue weighted by atomic mass is 9.78. The summed E-state index contributed by atoms with van der Waals surface area (Å²) >= 11 is 0. The number of carbonyl (C=O) groups is 1. The van der Waals surface area contributed by atoms with Crippen molar-refractivity contribution in [3.05, 3.63) is 40.8 Å². The Labute approximate surface area is 172 Å². The van der Waals surface area contributed by atoms with Crippen LogP contribution in [0.5, 0.6) is 11.5 Å². The van der Waals surface area contributed by atoms with Gasteiger partial charge in [0.15, 0.2) is 11.5 Å². The van der Waals surface area contributed by atoms with E-state index >= 15 is 0 Å². The molecule has 0 radical (unpaired) electrons. The highest BCUT2D eigenvalue weighted by Gasteiger charge is 2.36. The summed E-state index contributed by atoms with van der Waals surface area (Å²) in [5, 5.41) is 3.96. The summed E-state index contributed by atoms with van der Waals surface area (Å²) in [4.78, 5) is 15.4. The lowest BCUT2D eigenvalue weighted by Gasteiger charge is -2.44. The van der Waals surface area contributed by atoms with E-state index in [9.17, 15) is 4.79 Å². The molecule has 156 valence electrons. The summed E-state index contributed by atoms with van der Waals surface area (Å²) in [6.45, 7) is 4.97. The molecule has 2 aliphatic rings. The summed E-state index contributed by atoms with van der Waals surface area (Å²) in [6, 6.07) is 5.87. The van der Waals surface area contributed by atoms with Crippen LogP contribution in [-0.4, -0.2) is 35.7 Å². The van der Waals surface area contributed by atoms with Gasteiger partial charge in [0, 0.05) is 18.2 Å². The number of benzene rings is 1. The second-order valence-corrected chi connectivity index (χ2v) is 8.21. The summed E-state index contributed by atoms with van der Waals surface area (Å²) in [5.41, 5.74) is 2.42. The number of aromatic nitrogens is 1. The number of carbonyl (C=O) groups excluding carboxylic acids is 1. The average molecular weight is 399 g/mol. The fraction of sp³-hybridized carbons (Fsp3) is 0.565. The molecule has 1 aliphatic heterocycles. The third kappa shape index (κ3) is 3.98. The number of likely N-dealkylation sites (tertiary alicyclic amines) is 1. The molecule has 4 rings (SSSR count). The minimum atomic E-state index is 0.108. The number of piperidine rings is 1. The van der Waals surface area contributed by atoms with Crippen LogP contribution < -0.4 is 9.47 Å². The molecule has 2 aromatic rings. The second-order valence-electron chi connectivity index (χ2n) is 8.21. The van der Waals surface area contributed by atoms with Gasteiger partial charge in [-0.1, -0.05) is 18.0 Å². The molecular formula is C23H30N2O4. The smallest absolute Gasteiger partial charge is 0.254 e. The Morgan fingerprint density at radius 1 is 1.17 bits per heavy atom. The predicted octanol–water partition coefficient (Wildman–Crippen LogP) is 4.67. The zero-order chi connectivity index (χ0) is 20.4. The minimum Gasteiger partial charge on any atom is -0.493 e.